The number of likely N-dealkylation sites (tertiary alicyclic amines) is 1. The minimum Gasteiger partial charge on any atom is -0.333 e. The number of hydrogen-bond donors (Lipinski definition) is 1. The Morgan fingerprint density at radius 1 is 1.38 bits per heavy atom. The number of nitrogens with one attached hydrogen (secondary N) is 1. The fourth-order valence-corrected chi connectivity index (χ4v) is 3.28. The Balaban J connectivity index is 1.65. The average molecular weight is 326 g/mol. The number of rotatable bonds is 3. The molecule has 0 radical (unpaired) electrons. The first-order valence-corrected chi connectivity index (χ1v) is 8.05. The Bertz CT molecular complexity index is 910. The summed E-state index contributed by atoms with van der Waals surface area (Å²) in [6, 6.07) is 3.13. The molecule has 24 heavy (non-hydrogen) atoms. The Morgan fingerprint density at radius 3 is 3.12 bits per heavy atom. The van der Waals surface area contributed by atoms with Gasteiger partial charge in [-0.1, -0.05) is 0 Å². The molecule has 0 aromatic carbocycles. The highest BCUT2D eigenvalue weighted by Crippen LogP contribution is 2.29. The summed E-state index contributed by atoms with van der Waals surface area (Å²) >= 11 is 0. The van der Waals surface area contributed by atoms with E-state index in [9.17, 15) is 9.59 Å². The van der Waals surface area contributed by atoms with E-state index >= 15 is 0 Å². The Morgan fingerprint density at radius 2 is 2.29 bits per heavy atom. The summed E-state index contributed by atoms with van der Waals surface area (Å²) in [7, 11) is 0. The van der Waals surface area contributed by atoms with Crippen LogP contribution in [0.3, 0.4) is 0 Å². The van der Waals surface area contributed by atoms with E-state index in [4.69, 9.17) is 0 Å². The lowest BCUT2D eigenvalue weighted by atomic mass is 9.99. The predicted octanol–water partition coefficient (Wildman–Crippen LogP) is 0.973. The Kier molecular flexibility index (Phi) is 3.64. The van der Waals surface area contributed by atoms with Gasteiger partial charge in [-0.3, -0.25) is 14.7 Å². The smallest absolute Gasteiger partial charge is 0.272 e. The van der Waals surface area contributed by atoms with Crippen LogP contribution in [0.1, 0.15) is 31.0 Å². The zero-order chi connectivity index (χ0) is 16.5. The van der Waals surface area contributed by atoms with E-state index in [2.05, 4.69) is 15.1 Å². The summed E-state index contributed by atoms with van der Waals surface area (Å²) in [5.41, 5.74) is 1.08. The number of carbonyl (C=O) groups excluding carboxylic acids is 1. The molecule has 8 heteroatoms. The second-order valence-corrected chi connectivity index (χ2v) is 6.01. The number of H-pyrrole nitrogens is 1. The fraction of sp³-hybridized carbons (Fsp3) is 0.375. The molecule has 4 rings (SSSR count). The fourth-order valence-electron chi connectivity index (χ4n) is 3.28. The standard InChI is InChI=1S/C16H18N6O2/c23-15-9-12(19-14-4-5-18-22(14)15)13-3-1-2-7-21(13)16(24)10-20-8-6-17-11-20/h4-6,8-9,11,13,18H,1-3,7,10H2. The van der Waals surface area contributed by atoms with Crippen molar-refractivity contribution in [3.8, 4) is 0 Å². The second kappa shape index (κ2) is 5.95. The second-order valence-electron chi connectivity index (χ2n) is 6.01. The van der Waals surface area contributed by atoms with E-state index < -0.39 is 0 Å². The van der Waals surface area contributed by atoms with Crippen LogP contribution >= 0.6 is 0 Å². The number of carbonyl (C=O) groups is 1. The molecule has 1 atom stereocenters. The van der Waals surface area contributed by atoms with Crippen molar-refractivity contribution in [2.24, 2.45) is 0 Å². The van der Waals surface area contributed by atoms with Gasteiger partial charge in [0.05, 0.1) is 18.1 Å². The number of imidazole rings is 1. The van der Waals surface area contributed by atoms with Gasteiger partial charge in [0.2, 0.25) is 5.91 Å². The molecule has 0 spiro atoms. The summed E-state index contributed by atoms with van der Waals surface area (Å²) in [5, 5.41) is 2.83. The third kappa shape index (κ3) is 2.60. The third-order valence-corrected chi connectivity index (χ3v) is 4.44. The molecule has 3 aromatic rings. The number of aromatic nitrogens is 5. The maximum Gasteiger partial charge on any atom is 0.272 e. The largest absolute Gasteiger partial charge is 0.333 e. The van der Waals surface area contributed by atoms with Crippen molar-refractivity contribution in [3.63, 3.8) is 0 Å². The first kappa shape index (κ1) is 14.7. The van der Waals surface area contributed by atoms with Gasteiger partial charge in [0.15, 0.2) is 5.65 Å². The molecule has 0 saturated carbocycles. The molecule has 1 aliphatic rings. The minimum absolute atomic E-state index is 0.0220. The molecule has 1 fully saturated rings. The maximum absolute atomic E-state index is 12.7. The molecule has 1 saturated heterocycles. The Labute approximate surface area is 137 Å². The van der Waals surface area contributed by atoms with Crippen LogP contribution in [0.4, 0.5) is 0 Å². The lowest BCUT2D eigenvalue weighted by Gasteiger charge is -2.35. The van der Waals surface area contributed by atoms with E-state index in [-0.39, 0.29) is 24.1 Å². The highest BCUT2D eigenvalue weighted by molar-refractivity contribution is 5.76. The molecule has 0 bridgehead atoms. The van der Waals surface area contributed by atoms with Crippen molar-refractivity contribution in [2.45, 2.75) is 31.8 Å². The molecule has 1 unspecified atom stereocenters. The third-order valence-electron chi connectivity index (χ3n) is 4.44. The summed E-state index contributed by atoms with van der Waals surface area (Å²) in [5.74, 6) is 0.0220. The van der Waals surface area contributed by atoms with Crippen molar-refractivity contribution in [1.29, 1.82) is 0 Å². The zero-order valence-electron chi connectivity index (χ0n) is 13.1. The summed E-state index contributed by atoms with van der Waals surface area (Å²) in [6.45, 7) is 0.939. The number of hydrogen-bond acceptors (Lipinski definition) is 4. The quantitative estimate of drug-likeness (QED) is 0.777. The minimum atomic E-state index is -0.160. The summed E-state index contributed by atoms with van der Waals surface area (Å²) in [6.07, 6.45) is 9.55. The first-order chi connectivity index (χ1) is 11.7. The highest BCUT2D eigenvalue weighted by Gasteiger charge is 2.29. The Hall–Kier alpha value is -2.90. The van der Waals surface area contributed by atoms with Crippen molar-refractivity contribution < 1.29 is 4.79 Å². The van der Waals surface area contributed by atoms with Gasteiger partial charge in [-0.05, 0) is 19.3 Å². The van der Waals surface area contributed by atoms with Crippen LogP contribution in [0.15, 0.2) is 41.8 Å². The van der Waals surface area contributed by atoms with Crippen LogP contribution in [-0.2, 0) is 11.3 Å². The van der Waals surface area contributed by atoms with Gasteiger partial charge in [-0.15, -0.1) is 0 Å². The molecule has 1 aliphatic heterocycles. The normalized spacial score (nSPS) is 18.2. The number of fused-ring (bicyclic) bond motifs is 1. The number of nitrogens with zero attached hydrogens (tertiary/aromatic N) is 5. The molecule has 1 amide bonds. The van der Waals surface area contributed by atoms with Crippen LogP contribution in [-0.4, -0.2) is 41.5 Å². The van der Waals surface area contributed by atoms with Gasteiger partial charge in [-0.2, -0.15) is 0 Å². The van der Waals surface area contributed by atoms with Gasteiger partial charge >= 0.3 is 0 Å². The average Bonchev–Trinajstić information content (AvgIpc) is 3.26. The van der Waals surface area contributed by atoms with E-state index in [1.54, 1.807) is 35.6 Å². The molecule has 3 aromatic heterocycles. The van der Waals surface area contributed by atoms with E-state index in [0.717, 1.165) is 19.3 Å². The number of aromatic amines is 1. The first-order valence-electron chi connectivity index (χ1n) is 8.05. The van der Waals surface area contributed by atoms with Crippen LogP contribution < -0.4 is 5.56 Å². The van der Waals surface area contributed by atoms with Crippen LogP contribution in [0.5, 0.6) is 0 Å². The molecule has 1 N–H and O–H groups in total. The zero-order valence-corrected chi connectivity index (χ0v) is 13.1. The van der Waals surface area contributed by atoms with Gasteiger partial charge in [0.1, 0.15) is 6.54 Å². The maximum atomic E-state index is 12.7. The van der Waals surface area contributed by atoms with Gasteiger partial charge in [0.25, 0.3) is 5.56 Å². The summed E-state index contributed by atoms with van der Waals surface area (Å²) in [4.78, 5) is 35.3. The van der Waals surface area contributed by atoms with Crippen molar-refractivity contribution in [1.82, 2.24) is 29.0 Å². The topological polar surface area (TPSA) is 88.3 Å². The lowest BCUT2D eigenvalue weighted by molar-refractivity contribution is -0.135. The van der Waals surface area contributed by atoms with Gasteiger partial charge in [-0.25, -0.2) is 14.5 Å². The predicted molar refractivity (Wildman–Crippen MR) is 86.3 cm³/mol. The highest BCUT2D eigenvalue weighted by atomic mass is 16.2. The SMILES string of the molecule is O=C(Cn1ccnc1)N1CCCCC1c1cc(=O)n2[nH]ccc2n1. The number of amides is 1. The molecule has 124 valence electrons. The van der Waals surface area contributed by atoms with Crippen LogP contribution in [0.2, 0.25) is 0 Å². The van der Waals surface area contributed by atoms with Crippen LogP contribution in [0.25, 0.3) is 5.65 Å². The molecular weight excluding hydrogens is 308 g/mol. The van der Waals surface area contributed by atoms with E-state index in [1.807, 2.05) is 4.90 Å². The molecule has 0 aliphatic carbocycles. The van der Waals surface area contributed by atoms with Gasteiger partial charge < -0.3 is 9.47 Å². The van der Waals surface area contributed by atoms with Crippen molar-refractivity contribution in [3.05, 3.63) is 53.1 Å². The van der Waals surface area contributed by atoms with E-state index in [1.165, 1.54) is 10.6 Å². The lowest BCUT2D eigenvalue weighted by Crippen LogP contribution is -2.41. The monoisotopic (exact) mass is 326 g/mol. The molecule has 8 nitrogen and oxygen atoms in total. The van der Waals surface area contributed by atoms with Crippen molar-refractivity contribution >= 4 is 11.6 Å². The number of piperidine rings is 1. The van der Waals surface area contributed by atoms with E-state index in [0.29, 0.717) is 17.9 Å². The van der Waals surface area contributed by atoms with Crippen LogP contribution in [0, 0.1) is 0 Å². The molecular formula is C16H18N6O2. The van der Waals surface area contributed by atoms with Gasteiger partial charge in [0, 0.05) is 37.3 Å². The summed E-state index contributed by atoms with van der Waals surface area (Å²) < 4.78 is 3.15. The van der Waals surface area contributed by atoms with Crippen molar-refractivity contribution in [2.75, 3.05) is 6.54 Å². The molecule has 4 heterocycles.